The van der Waals surface area contributed by atoms with Crippen LogP contribution in [0.4, 0.5) is 10.1 Å². The molecule has 1 N–H and O–H groups in total. The van der Waals surface area contributed by atoms with E-state index >= 15 is 0 Å². The molecule has 0 bridgehead atoms. The van der Waals surface area contributed by atoms with Crippen molar-refractivity contribution in [2.75, 3.05) is 11.1 Å². The fourth-order valence-corrected chi connectivity index (χ4v) is 2.78. The van der Waals surface area contributed by atoms with E-state index in [9.17, 15) is 9.18 Å². The van der Waals surface area contributed by atoms with Gasteiger partial charge in [0.1, 0.15) is 5.82 Å². The Kier molecular flexibility index (Phi) is 5.65. The van der Waals surface area contributed by atoms with Crippen LogP contribution >= 0.6 is 23.4 Å². The molecule has 21 heavy (non-hydrogen) atoms. The number of halogens is 2. The zero-order valence-corrected chi connectivity index (χ0v) is 13.0. The van der Waals surface area contributed by atoms with E-state index in [1.165, 1.54) is 23.9 Å². The number of hydrogen-bond donors (Lipinski definition) is 1. The highest BCUT2D eigenvalue weighted by molar-refractivity contribution is 8.00. The average molecular weight is 324 g/mol. The molecular weight excluding hydrogens is 309 g/mol. The van der Waals surface area contributed by atoms with Gasteiger partial charge < -0.3 is 5.32 Å². The van der Waals surface area contributed by atoms with Gasteiger partial charge in [0.05, 0.1) is 11.4 Å². The Morgan fingerprint density at radius 2 is 2.00 bits per heavy atom. The van der Waals surface area contributed by atoms with Gasteiger partial charge in [0.2, 0.25) is 5.91 Å². The van der Waals surface area contributed by atoms with Crippen LogP contribution < -0.4 is 5.32 Å². The first-order chi connectivity index (χ1) is 10.1. The molecule has 2 rings (SSSR count). The standard InChI is InChI=1S/C16H15ClFNOS/c1-11(12-5-3-2-4-6-12)21-10-16(20)19-15-8-7-13(17)9-14(15)18/h2-9,11H,10H2,1H3,(H,19,20)/t11-/m1/s1. The van der Waals surface area contributed by atoms with E-state index in [1.54, 1.807) is 6.07 Å². The van der Waals surface area contributed by atoms with E-state index in [2.05, 4.69) is 5.32 Å². The number of carbonyl (C=O) groups excluding carboxylic acids is 1. The lowest BCUT2D eigenvalue weighted by Crippen LogP contribution is -2.15. The Morgan fingerprint density at radius 3 is 2.67 bits per heavy atom. The molecule has 2 nitrogen and oxygen atoms in total. The van der Waals surface area contributed by atoms with Gasteiger partial charge in [-0.1, -0.05) is 41.9 Å². The second-order valence-corrected chi connectivity index (χ2v) is 6.30. The minimum absolute atomic E-state index is 0.150. The molecule has 0 spiro atoms. The lowest BCUT2D eigenvalue weighted by molar-refractivity contribution is -0.113. The summed E-state index contributed by atoms with van der Waals surface area (Å²) >= 11 is 7.17. The number of benzene rings is 2. The number of nitrogens with one attached hydrogen (secondary N) is 1. The van der Waals surface area contributed by atoms with Crippen molar-refractivity contribution in [2.24, 2.45) is 0 Å². The summed E-state index contributed by atoms with van der Waals surface area (Å²) in [5, 5.41) is 3.06. The smallest absolute Gasteiger partial charge is 0.234 e. The summed E-state index contributed by atoms with van der Waals surface area (Å²) in [6.07, 6.45) is 0. The lowest BCUT2D eigenvalue weighted by Gasteiger charge is -2.12. The fraction of sp³-hybridized carbons (Fsp3) is 0.188. The van der Waals surface area contributed by atoms with Crippen LogP contribution in [0.5, 0.6) is 0 Å². The second kappa shape index (κ2) is 7.48. The van der Waals surface area contributed by atoms with Crippen molar-refractivity contribution < 1.29 is 9.18 Å². The van der Waals surface area contributed by atoms with Gasteiger partial charge in [-0.25, -0.2) is 4.39 Å². The molecule has 2 aromatic carbocycles. The van der Waals surface area contributed by atoms with E-state index in [0.717, 1.165) is 5.56 Å². The van der Waals surface area contributed by atoms with Crippen LogP contribution in [0.2, 0.25) is 5.02 Å². The van der Waals surface area contributed by atoms with Crippen molar-refractivity contribution in [3.05, 3.63) is 64.9 Å². The third-order valence-corrected chi connectivity index (χ3v) is 4.37. The first kappa shape index (κ1) is 15.9. The van der Waals surface area contributed by atoms with Crippen LogP contribution in [0.25, 0.3) is 0 Å². The molecule has 0 aliphatic carbocycles. The topological polar surface area (TPSA) is 29.1 Å². The van der Waals surface area contributed by atoms with Crippen LogP contribution in [0, 0.1) is 5.82 Å². The van der Waals surface area contributed by atoms with Crippen LogP contribution in [0.15, 0.2) is 48.5 Å². The average Bonchev–Trinajstić information content (AvgIpc) is 2.48. The van der Waals surface area contributed by atoms with Crippen LogP contribution in [-0.2, 0) is 4.79 Å². The predicted octanol–water partition coefficient (Wildman–Crippen LogP) is 4.91. The lowest BCUT2D eigenvalue weighted by atomic mass is 10.2. The quantitative estimate of drug-likeness (QED) is 0.846. The molecule has 0 radical (unpaired) electrons. The van der Waals surface area contributed by atoms with Gasteiger partial charge in [-0.15, -0.1) is 11.8 Å². The minimum atomic E-state index is -0.531. The van der Waals surface area contributed by atoms with Gasteiger partial charge in [0.25, 0.3) is 0 Å². The zero-order chi connectivity index (χ0) is 15.2. The van der Waals surface area contributed by atoms with Crippen molar-refractivity contribution in [2.45, 2.75) is 12.2 Å². The number of rotatable bonds is 5. The molecule has 0 aliphatic rings. The highest BCUT2D eigenvalue weighted by atomic mass is 35.5. The number of amides is 1. The Morgan fingerprint density at radius 1 is 1.29 bits per heavy atom. The molecular formula is C16H15ClFNOS. The van der Waals surface area contributed by atoms with Crippen molar-refractivity contribution in [1.82, 2.24) is 0 Å². The summed E-state index contributed by atoms with van der Waals surface area (Å²) < 4.78 is 13.6. The normalized spacial score (nSPS) is 12.0. The first-order valence-corrected chi connectivity index (χ1v) is 7.90. The molecule has 1 amide bonds. The molecule has 1 atom stereocenters. The first-order valence-electron chi connectivity index (χ1n) is 6.47. The van der Waals surface area contributed by atoms with Crippen LogP contribution in [0.1, 0.15) is 17.7 Å². The van der Waals surface area contributed by atoms with Gasteiger partial charge >= 0.3 is 0 Å². The summed E-state index contributed by atoms with van der Waals surface area (Å²) in [5.41, 5.74) is 1.31. The van der Waals surface area contributed by atoms with Gasteiger partial charge in [0.15, 0.2) is 0 Å². The molecule has 0 saturated heterocycles. The Labute approximate surface area is 132 Å². The summed E-state index contributed by atoms with van der Waals surface area (Å²) in [6, 6.07) is 14.1. The number of carbonyl (C=O) groups is 1. The SMILES string of the molecule is C[C@@H](SCC(=O)Nc1ccc(Cl)cc1F)c1ccccc1. The highest BCUT2D eigenvalue weighted by Gasteiger charge is 2.11. The van der Waals surface area contributed by atoms with Gasteiger partial charge in [-0.2, -0.15) is 0 Å². The van der Waals surface area contributed by atoms with Gasteiger partial charge in [-0.05, 0) is 30.7 Å². The van der Waals surface area contributed by atoms with Crippen molar-refractivity contribution >= 4 is 35.0 Å². The van der Waals surface area contributed by atoms with Gasteiger partial charge in [-0.3, -0.25) is 4.79 Å². The molecule has 0 fully saturated rings. The summed E-state index contributed by atoms with van der Waals surface area (Å²) in [4.78, 5) is 11.9. The number of hydrogen-bond acceptors (Lipinski definition) is 2. The molecule has 5 heteroatoms. The maximum atomic E-state index is 13.6. The molecule has 0 aliphatic heterocycles. The summed E-state index contributed by atoms with van der Waals surface area (Å²) in [6.45, 7) is 2.04. The summed E-state index contributed by atoms with van der Waals surface area (Å²) in [7, 11) is 0. The van der Waals surface area contributed by atoms with Crippen LogP contribution in [-0.4, -0.2) is 11.7 Å². The molecule has 0 heterocycles. The van der Waals surface area contributed by atoms with Crippen LogP contribution in [0.3, 0.4) is 0 Å². The van der Waals surface area contributed by atoms with E-state index in [0.29, 0.717) is 5.02 Å². The Hall–Kier alpha value is -1.52. The number of thioether (sulfide) groups is 1. The van der Waals surface area contributed by atoms with E-state index in [1.807, 2.05) is 37.3 Å². The number of anilines is 1. The highest BCUT2D eigenvalue weighted by Crippen LogP contribution is 2.28. The van der Waals surface area contributed by atoms with Crippen molar-refractivity contribution in [3.8, 4) is 0 Å². The summed E-state index contributed by atoms with van der Waals surface area (Å²) in [5.74, 6) is -0.501. The predicted molar refractivity (Wildman–Crippen MR) is 87.4 cm³/mol. The third-order valence-electron chi connectivity index (χ3n) is 2.94. The maximum Gasteiger partial charge on any atom is 0.234 e. The fourth-order valence-electron chi connectivity index (χ4n) is 1.80. The molecule has 110 valence electrons. The maximum absolute atomic E-state index is 13.6. The molecule has 0 unspecified atom stereocenters. The largest absolute Gasteiger partial charge is 0.323 e. The monoisotopic (exact) mass is 323 g/mol. The van der Waals surface area contributed by atoms with E-state index in [-0.39, 0.29) is 22.6 Å². The molecule has 0 aromatic heterocycles. The molecule has 2 aromatic rings. The van der Waals surface area contributed by atoms with E-state index < -0.39 is 5.82 Å². The Bertz CT molecular complexity index is 621. The van der Waals surface area contributed by atoms with Crippen molar-refractivity contribution in [3.63, 3.8) is 0 Å². The third kappa shape index (κ3) is 4.76. The van der Waals surface area contributed by atoms with Gasteiger partial charge in [0, 0.05) is 10.3 Å². The van der Waals surface area contributed by atoms with Crippen molar-refractivity contribution in [1.29, 1.82) is 0 Å². The Balaban J connectivity index is 1.87. The minimum Gasteiger partial charge on any atom is -0.323 e. The zero-order valence-electron chi connectivity index (χ0n) is 11.5. The molecule has 0 saturated carbocycles. The second-order valence-electron chi connectivity index (χ2n) is 4.54. The van der Waals surface area contributed by atoms with E-state index in [4.69, 9.17) is 11.6 Å².